The molecule has 1 atom stereocenters. The molecule has 10 heteroatoms. The predicted octanol–water partition coefficient (Wildman–Crippen LogP) is 3.40. The van der Waals surface area contributed by atoms with E-state index in [1.165, 1.54) is 12.3 Å². The fraction of sp³-hybridized carbons (Fsp3) is 0.250. The minimum atomic E-state index is -1.23. The van der Waals surface area contributed by atoms with Gasteiger partial charge in [0.15, 0.2) is 0 Å². The molecule has 0 bridgehead atoms. The molecule has 134 valence electrons. The molecule has 1 unspecified atom stereocenters. The molecule has 0 spiro atoms. The number of halogens is 3. The minimum absolute atomic E-state index is 0.193. The second-order valence-electron chi connectivity index (χ2n) is 5.97. The number of rotatable bonds is 3. The van der Waals surface area contributed by atoms with E-state index in [2.05, 4.69) is 10.1 Å². The van der Waals surface area contributed by atoms with Crippen LogP contribution in [0.4, 0.5) is 24.7 Å². The van der Waals surface area contributed by atoms with E-state index in [4.69, 9.17) is 0 Å². The number of fused-ring (bicyclic) bond motifs is 1. The molecule has 0 aliphatic carbocycles. The lowest BCUT2D eigenvalue weighted by molar-refractivity contribution is -0.386. The molecule has 3 heterocycles. The number of nitro groups is 1. The van der Waals surface area contributed by atoms with Gasteiger partial charge < -0.3 is 4.90 Å². The Balaban J connectivity index is 1.80. The minimum Gasteiger partial charge on any atom is -0.349 e. The van der Waals surface area contributed by atoms with Crippen LogP contribution >= 0.6 is 0 Å². The lowest BCUT2D eigenvalue weighted by Crippen LogP contribution is -2.24. The van der Waals surface area contributed by atoms with Crippen LogP contribution in [0, 0.1) is 27.7 Å². The van der Waals surface area contributed by atoms with E-state index < -0.39 is 34.2 Å². The van der Waals surface area contributed by atoms with Gasteiger partial charge in [-0.3, -0.25) is 10.1 Å². The third-order valence-corrected chi connectivity index (χ3v) is 4.45. The smallest absolute Gasteiger partial charge is 0.349 e. The average molecular weight is 363 g/mol. The quantitative estimate of drug-likeness (QED) is 0.527. The van der Waals surface area contributed by atoms with Crippen LogP contribution in [0.25, 0.3) is 5.65 Å². The number of hydrogen-bond donors (Lipinski definition) is 0. The average Bonchev–Trinajstić information content (AvgIpc) is 3.19. The van der Waals surface area contributed by atoms with Crippen molar-refractivity contribution in [3.05, 3.63) is 63.7 Å². The largest absolute Gasteiger partial charge is 0.369 e. The van der Waals surface area contributed by atoms with Gasteiger partial charge in [0.2, 0.25) is 5.65 Å². The van der Waals surface area contributed by atoms with Crippen molar-refractivity contribution >= 4 is 17.2 Å². The van der Waals surface area contributed by atoms with Crippen molar-refractivity contribution in [1.82, 2.24) is 14.6 Å². The summed E-state index contributed by atoms with van der Waals surface area (Å²) in [6.07, 6.45) is 2.64. The zero-order valence-electron chi connectivity index (χ0n) is 13.3. The van der Waals surface area contributed by atoms with Gasteiger partial charge in [0.25, 0.3) is 0 Å². The highest BCUT2D eigenvalue weighted by Crippen LogP contribution is 2.37. The molecular formula is C16H12F3N5O2. The van der Waals surface area contributed by atoms with Gasteiger partial charge in [-0.1, -0.05) is 0 Å². The molecule has 0 radical (unpaired) electrons. The summed E-state index contributed by atoms with van der Waals surface area (Å²) < 4.78 is 42.4. The van der Waals surface area contributed by atoms with Crippen molar-refractivity contribution in [1.29, 1.82) is 0 Å². The molecule has 1 saturated heterocycles. The van der Waals surface area contributed by atoms with E-state index in [0.29, 0.717) is 25.2 Å². The van der Waals surface area contributed by atoms with Crippen molar-refractivity contribution in [3.63, 3.8) is 0 Å². The molecule has 0 saturated carbocycles. The molecule has 3 aromatic rings. The highest BCUT2D eigenvalue weighted by atomic mass is 19.1. The maximum atomic E-state index is 14.2. The summed E-state index contributed by atoms with van der Waals surface area (Å²) in [6.45, 7) is 0.508. The first kappa shape index (κ1) is 16.3. The van der Waals surface area contributed by atoms with E-state index in [0.717, 1.165) is 22.7 Å². The first-order valence-electron chi connectivity index (χ1n) is 7.86. The number of anilines is 1. The van der Waals surface area contributed by atoms with Gasteiger partial charge in [-0.15, -0.1) is 5.10 Å². The summed E-state index contributed by atoms with van der Waals surface area (Å²) in [5, 5.41) is 14.5. The SMILES string of the molecule is O=[N+]([O-])c1c(F)nn2ccc(N3CCCC3c3cc(F)ccc3F)nc12. The van der Waals surface area contributed by atoms with E-state index in [9.17, 15) is 23.3 Å². The Morgan fingerprint density at radius 2 is 2.04 bits per heavy atom. The van der Waals surface area contributed by atoms with Gasteiger partial charge in [0.05, 0.1) is 11.0 Å². The van der Waals surface area contributed by atoms with Crippen LogP contribution in [0.5, 0.6) is 0 Å². The lowest BCUT2D eigenvalue weighted by Gasteiger charge is -2.26. The second kappa shape index (κ2) is 5.97. The molecule has 1 aliphatic heterocycles. The molecule has 26 heavy (non-hydrogen) atoms. The summed E-state index contributed by atoms with van der Waals surface area (Å²) in [5.74, 6) is -2.00. The molecule has 1 fully saturated rings. The Labute approximate surface area is 144 Å². The Morgan fingerprint density at radius 3 is 2.81 bits per heavy atom. The Morgan fingerprint density at radius 1 is 1.23 bits per heavy atom. The maximum Gasteiger partial charge on any atom is 0.369 e. The van der Waals surface area contributed by atoms with Gasteiger partial charge in [0, 0.05) is 18.3 Å². The Kier molecular flexibility index (Phi) is 3.74. The second-order valence-corrected chi connectivity index (χ2v) is 5.97. The first-order chi connectivity index (χ1) is 12.5. The molecule has 1 aliphatic rings. The van der Waals surface area contributed by atoms with Crippen LogP contribution in [0.3, 0.4) is 0 Å². The zero-order chi connectivity index (χ0) is 18.4. The van der Waals surface area contributed by atoms with Crippen LogP contribution in [0.1, 0.15) is 24.4 Å². The monoisotopic (exact) mass is 363 g/mol. The highest BCUT2D eigenvalue weighted by Gasteiger charge is 2.31. The predicted molar refractivity (Wildman–Crippen MR) is 85.3 cm³/mol. The summed E-state index contributed by atoms with van der Waals surface area (Å²) >= 11 is 0. The van der Waals surface area contributed by atoms with Crippen molar-refractivity contribution < 1.29 is 18.1 Å². The number of aromatic nitrogens is 3. The normalized spacial score (nSPS) is 17.2. The van der Waals surface area contributed by atoms with Crippen molar-refractivity contribution in [2.45, 2.75) is 18.9 Å². The van der Waals surface area contributed by atoms with Crippen LogP contribution in [0.2, 0.25) is 0 Å². The Hall–Kier alpha value is -3.17. The molecule has 2 aromatic heterocycles. The van der Waals surface area contributed by atoms with E-state index in [1.54, 1.807) is 4.90 Å². The van der Waals surface area contributed by atoms with Gasteiger partial charge in [0.1, 0.15) is 17.5 Å². The summed E-state index contributed by atoms with van der Waals surface area (Å²) in [7, 11) is 0. The van der Waals surface area contributed by atoms with Crippen LogP contribution < -0.4 is 4.90 Å². The summed E-state index contributed by atoms with van der Waals surface area (Å²) in [6, 6.07) is 4.29. The van der Waals surface area contributed by atoms with Gasteiger partial charge >= 0.3 is 11.6 Å². The topological polar surface area (TPSA) is 76.6 Å². The van der Waals surface area contributed by atoms with Gasteiger partial charge in [-0.2, -0.15) is 4.39 Å². The zero-order valence-corrected chi connectivity index (χ0v) is 13.3. The van der Waals surface area contributed by atoms with Gasteiger partial charge in [-0.25, -0.2) is 18.3 Å². The van der Waals surface area contributed by atoms with Crippen molar-refractivity contribution in [2.75, 3.05) is 11.4 Å². The third-order valence-electron chi connectivity index (χ3n) is 4.45. The van der Waals surface area contributed by atoms with Crippen LogP contribution in [0.15, 0.2) is 30.5 Å². The van der Waals surface area contributed by atoms with Crippen molar-refractivity contribution in [3.8, 4) is 0 Å². The molecule has 0 amide bonds. The number of nitrogens with zero attached hydrogens (tertiary/aromatic N) is 5. The van der Waals surface area contributed by atoms with E-state index in [1.807, 2.05) is 0 Å². The molecular weight excluding hydrogens is 351 g/mol. The molecule has 4 rings (SSSR count). The van der Waals surface area contributed by atoms with Gasteiger partial charge in [-0.05, 0) is 37.1 Å². The van der Waals surface area contributed by atoms with Crippen LogP contribution in [-0.4, -0.2) is 26.1 Å². The first-order valence-corrected chi connectivity index (χ1v) is 7.86. The fourth-order valence-electron chi connectivity index (χ4n) is 3.33. The van der Waals surface area contributed by atoms with E-state index in [-0.39, 0.29) is 11.2 Å². The summed E-state index contributed by atoms with van der Waals surface area (Å²) in [4.78, 5) is 16.1. The van der Waals surface area contributed by atoms with E-state index >= 15 is 0 Å². The number of hydrogen-bond acceptors (Lipinski definition) is 5. The maximum absolute atomic E-state index is 14.2. The molecule has 7 nitrogen and oxygen atoms in total. The number of benzene rings is 1. The third kappa shape index (κ3) is 2.54. The molecule has 0 N–H and O–H groups in total. The van der Waals surface area contributed by atoms with Crippen molar-refractivity contribution in [2.24, 2.45) is 0 Å². The fourth-order valence-corrected chi connectivity index (χ4v) is 3.33. The lowest BCUT2D eigenvalue weighted by atomic mass is 10.0. The standard InChI is InChI=1S/C16H12F3N5O2/c17-9-3-4-11(18)10(8-9)12-2-1-6-22(12)13-5-7-23-16(20-13)14(24(25)26)15(19)21-23/h3-5,7-8,12H,1-2,6H2. The Bertz CT molecular complexity index is 1020. The van der Waals surface area contributed by atoms with Crippen LogP contribution in [-0.2, 0) is 0 Å². The highest BCUT2D eigenvalue weighted by molar-refractivity contribution is 5.62. The summed E-state index contributed by atoms with van der Waals surface area (Å²) in [5.41, 5.74) is -0.867. The molecule has 1 aromatic carbocycles.